The number of aromatic hydroxyl groups is 1. The highest BCUT2D eigenvalue weighted by Crippen LogP contribution is 2.35. The van der Waals surface area contributed by atoms with Gasteiger partial charge >= 0.3 is 6.36 Å². The fourth-order valence-electron chi connectivity index (χ4n) is 1.96. The Balaban J connectivity index is 2.33. The number of rotatable bonds is 2. The van der Waals surface area contributed by atoms with E-state index in [1.807, 2.05) is 0 Å². The zero-order chi connectivity index (χ0) is 15.6. The lowest BCUT2D eigenvalue weighted by molar-refractivity contribution is -0.275. The number of alkyl halides is 3. The van der Waals surface area contributed by atoms with Crippen molar-refractivity contribution in [2.24, 2.45) is 0 Å². The van der Waals surface area contributed by atoms with E-state index in [-0.39, 0.29) is 19.5 Å². The molecule has 1 N–H and O–H groups in total. The molecule has 8 heteroatoms. The molecule has 4 nitrogen and oxygen atoms in total. The molecule has 1 aromatic rings. The minimum Gasteiger partial charge on any atom is -0.504 e. The zero-order valence-electron chi connectivity index (χ0n) is 10.7. The zero-order valence-corrected chi connectivity index (χ0v) is 10.7. The van der Waals surface area contributed by atoms with Crippen LogP contribution in [0.3, 0.4) is 0 Å². The second-order valence-electron chi connectivity index (χ2n) is 4.37. The van der Waals surface area contributed by atoms with Crippen molar-refractivity contribution < 1.29 is 32.2 Å². The van der Waals surface area contributed by atoms with Crippen LogP contribution in [0.5, 0.6) is 11.5 Å². The second-order valence-corrected chi connectivity index (χ2v) is 4.37. The first-order valence-corrected chi connectivity index (χ1v) is 5.99. The van der Waals surface area contributed by atoms with E-state index in [1.54, 1.807) is 0 Å². The number of nitrogens with zero attached hydrogens (tertiary/aromatic N) is 1. The van der Waals surface area contributed by atoms with E-state index in [2.05, 4.69) is 4.74 Å². The molecule has 1 aliphatic rings. The van der Waals surface area contributed by atoms with Crippen molar-refractivity contribution in [1.82, 2.24) is 4.90 Å². The summed E-state index contributed by atoms with van der Waals surface area (Å²) in [6, 6.07) is 3.26. The molecule has 0 spiro atoms. The highest BCUT2D eigenvalue weighted by Gasteiger charge is 2.35. The Labute approximate surface area is 117 Å². The van der Waals surface area contributed by atoms with Gasteiger partial charge in [-0.3, -0.25) is 4.79 Å². The predicted octanol–water partition coefficient (Wildman–Crippen LogP) is 2.99. The van der Waals surface area contributed by atoms with E-state index < -0.39 is 35.2 Å². The number of carbonyl (C=O) groups excluding carboxylic acids is 1. The molecule has 21 heavy (non-hydrogen) atoms. The maximum atomic E-state index is 13.2. The maximum Gasteiger partial charge on any atom is 0.573 e. The molecule has 0 aromatic heterocycles. The monoisotopic (exact) mass is 305 g/mol. The number of hydrogen-bond acceptors (Lipinski definition) is 3. The first kappa shape index (κ1) is 15.1. The van der Waals surface area contributed by atoms with Gasteiger partial charge in [0.25, 0.3) is 5.91 Å². The molecule has 1 amide bonds. The Morgan fingerprint density at radius 2 is 2.05 bits per heavy atom. The molecule has 0 radical (unpaired) electrons. The summed E-state index contributed by atoms with van der Waals surface area (Å²) in [5.41, 5.74) is -0.470. The topological polar surface area (TPSA) is 49.8 Å². The van der Waals surface area contributed by atoms with Crippen molar-refractivity contribution in [3.63, 3.8) is 0 Å². The van der Waals surface area contributed by atoms with Crippen LogP contribution in [-0.2, 0) is 0 Å². The second kappa shape index (κ2) is 5.63. The van der Waals surface area contributed by atoms with Crippen LogP contribution >= 0.6 is 0 Å². The molecule has 0 saturated heterocycles. The molecule has 0 aliphatic carbocycles. The van der Waals surface area contributed by atoms with Crippen molar-refractivity contribution in [3.05, 3.63) is 35.7 Å². The van der Waals surface area contributed by atoms with E-state index in [1.165, 1.54) is 12.1 Å². The molecule has 1 heterocycles. The summed E-state index contributed by atoms with van der Waals surface area (Å²) >= 11 is 0. The van der Waals surface area contributed by atoms with Gasteiger partial charge < -0.3 is 14.7 Å². The summed E-state index contributed by atoms with van der Waals surface area (Å²) in [5.74, 6) is -3.17. The Morgan fingerprint density at radius 3 is 2.67 bits per heavy atom. The normalized spacial score (nSPS) is 15.6. The summed E-state index contributed by atoms with van der Waals surface area (Å²) in [6.07, 6.45) is -3.48. The fourth-order valence-corrected chi connectivity index (χ4v) is 1.96. The largest absolute Gasteiger partial charge is 0.573 e. The van der Waals surface area contributed by atoms with Crippen LogP contribution in [0.4, 0.5) is 17.6 Å². The van der Waals surface area contributed by atoms with E-state index in [0.717, 1.165) is 17.0 Å². The molecule has 0 saturated carbocycles. The first-order valence-electron chi connectivity index (χ1n) is 5.99. The van der Waals surface area contributed by atoms with Gasteiger partial charge in [-0.05, 0) is 24.6 Å². The Bertz CT molecular complexity index is 583. The number of phenols is 1. The highest BCUT2D eigenvalue weighted by atomic mass is 19.4. The van der Waals surface area contributed by atoms with Gasteiger partial charge in [0.2, 0.25) is 0 Å². The van der Waals surface area contributed by atoms with E-state index in [9.17, 15) is 27.5 Å². The molecule has 0 unspecified atom stereocenters. The Hall–Kier alpha value is -2.25. The Morgan fingerprint density at radius 1 is 1.33 bits per heavy atom. The van der Waals surface area contributed by atoms with Crippen molar-refractivity contribution in [1.29, 1.82) is 0 Å². The third-order valence-electron chi connectivity index (χ3n) is 2.84. The molecular formula is C13H11F4NO3. The number of ether oxygens (including phenoxy) is 1. The van der Waals surface area contributed by atoms with Crippen molar-refractivity contribution in [2.45, 2.75) is 12.8 Å². The van der Waals surface area contributed by atoms with Crippen LogP contribution in [0.2, 0.25) is 0 Å². The highest BCUT2D eigenvalue weighted by molar-refractivity contribution is 5.98. The number of amides is 1. The van der Waals surface area contributed by atoms with Crippen LogP contribution in [0.25, 0.3) is 0 Å². The average molecular weight is 305 g/mol. The van der Waals surface area contributed by atoms with Crippen LogP contribution in [0.1, 0.15) is 16.8 Å². The summed E-state index contributed by atoms with van der Waals surface area (Å²) in [5, 5.41) is 9.47. The molecule has 1 aliphatic heterocycles. The SMILES string of the molecule is O=C(c1cccc(O)c1OC(F)(F)F)N1CCC=C(F)C1. The summed E-state index contributed by atoms with van der Waals surface area (Å²) in [7, 11) is 0. The molecule has 1 aromatic carbocycles. The van der Waals surface area contributed by atoms with Crippen LogP contribution in [0, 0.1) is 0 Å². The number of benzene rings is 1. The third-order valence-corrected chi connectivity index (χ3v) is 2.84. The van der Waals surface area contributed by atoms with Crippen LogP contribution in [-0.4, -0.2) is 35.4 Å². The lowest BCUT2D eigenvalue weighted by Gasteiger charge is -2.25. The molecule has 0 fully saturated rings. The number of hydrogen-bond donors (Lipinski definition) is 1. The van der Waals surface area contributed by atoms with E-state index in [0.29, 0.717) is 0 Å². The van der Waals surface area contributed by atoms with Gasteiger partial charge in [0.05, 0.1) is 12.1 Å². The first-order chi connectivity index (χ1) is 9.78. The third kappa shape index (κ3) is 3.65. The van der Waals surface area contributed by atoms with E-state index >= 15 is 0 Å². The molecular weight excluding hydrogens is 294 g/mol. The molecule has 114 valence electrons. The Kier molecular flexibility index (Phi) is 4.06. The minimum absolute atomic E-state index is 0.174. The summed E-state index contributed by atoms with van der Waals surface area (Å²) in [6.45, 7) is -0.146. The summed E-state index contributed by atoms with van der Waals surface area (Å²) < 4.78 is 53.9. The molecule has 0 atom stereocenters. The van der Waals surface area contributed by atoms with Crippen molar-refractivity contribution in [3.8, 4) is 11.5 Å². The predicted molar refractivity (Wildman–Crippen MR) is 64.5 cm³/mol. The van der Waals surface area contributed by atoms with Crippen LogP contribution in [0.15, 0.2) is 30.1 Å². The van der Waals surface area contributed by atoms with Gasteiger partial charge in [-0.15, -0.1) is 13.2 Å². The number of para-hydroxylation sites is 1. The van der Waals surface area contributed by atoms with Gasteiger partial charge in [-0.25, -0.2) is 4.39 Å². The fraction of sp³-hybridized carbons (Fsp3) is 0.308. The van der Waals surface area contributed by atoms with Gasteiger partial charge in [-0.2, -0.15) is 0 Å². The summed E-state index contributed by atoms with van der Waals surface area (Å²) in [4.78, 5) is 13.2. The lowest BCUT2D eigenvalue weighted by Crippen LogP contribution is -2.35. The minimum atomic E-state index is -5.05. The van der Waals surface area contributed by atoms with Crippen LogP contribution < -0.4 is 4.74 Å². The quantitative estimate of drug-likeness (QED) is 0.855. The average Bonchev–Trinajstić information content (AvgIpc) is 2.39. The molecule has 0 bridgehead atoms. The maximum absolute atomic E-state index is 13.2. The van der Waals surface area contributed by atoms with Gasteiger partial charge in [0.1, 0.15) is 5.83 Å². The van der Waals surface area contributed by atoms with Crippen molar-refractivity contribution in [2.75, 3.05) is 13.1 Å². The number of carbonyl (C=O) groups is 1. The van der Waals surface area contributed by atoms with Gasteiger partial charge in [0.15, 0.2) is 11.5 Å². The number of halogens is 4. The van der Waals surface area contributed by atoms with Gasteiger partial charge in [-0.1, -0.05) is 6.07 Å². The van der Waals surface area contributed by atoms with Crippen molar-refractivity contribution >= 4 is 5.91 Å². The van der Waals surface area contributed by atoms with E-state index in [4.69, 9.17) is 0 Å². The standard InChI is InChI=1S/C13H11F4NO3/c14-8-3-2-6-18(7-8)12(20)9-4-1-5-10(19)11(9)21-13(15,16)17/h1,3-5,19H,2,6-7H2. The molecule has 2 rings (SSSR count). The smallest absolute Gasteiger partial charge is 0.504 e. The lowest BCUT2D eigenvalue weighted by atomic mass is 10.1. The number of phenolic OH excluding ortho intramolecular Hbond substituents is 1. The van der Waals surface area contributed by atoms with Gasteiger partial charge in [0, 0.05) is 6.54 Å².